The lowest BCUT2D eigenvalue weighted by Gasteiger charge is -2.29. The minimum absolute atomic E-state index is 0.0840. The zero-order valence-corrected chi connectivity index (χ0v) is 18.7. The zero-order chi connectivity index (χ0) is 22.4. The molecule has 0 aliphatic carbocycles. The Kier molecular flexibility index (Phi) is 5.52. The first-order valence-corrected chi connectivity index (χ1v) is 10.4. The molecule has 0 atom stereocenters. The summed E-state index contributed by atoms with van der Waals surface area (Å²) in [5.41, 5.74) is -0.0819. The van der Waals surface area contributed by atoms with Crippen molar-refractivity contribution in [2.75, 3.05) is 26.2 Å². The van der Waals surface area contributed by atoms with E-state index in [2.05, 4.69) is 0 Å². The molecule has 2 aliphatic rings. The number of nitrogens with zero attached hydrogens (tertiary/aromatic N) is 3. The highest BCUT2D eigenvalue weighted by Gasteiger charge is 2.42. The van der Waals surface area contributed by atoms with Crippen molar-refractivity contribution in [1.82, 2.24) is 14.7 Å². The summed E-state index contributed by atoms with van der Waals surface area (Å²) in [6.07, 6.45) is 0.702. The molecule has 162 valence electrons. The average Bonchev–Trinajstić information content (AvgIpc) is 2.80. The van der Waals surface area contributed by atoms with Crippen LogP contribution in [0, 0.1) is 5.41 Å². The number of imide groups is 1. The fraction of sp³-hybridized carbons (Fsp3) is 0.565. The van der Waals surface area contributed by atoms with Crippen molar-refractivity contribution in [2.45, 2.75) is 53.5 Å². The molecule has 0 bridgehead atoms. The molecule has 0 unspecified atom stereocenters. The minimum Gasteiger partial charge on any atom is -0.340 e. The molecule has 1 aromatic carbocycles. The molecule has 0 saturated carbocycles. The molecule has 1 saturated heterocycles. The lowest BCUT2D eigenvalue weighted by molar-refractivity contribution is -0.139. The molecule has 3 rings (SSSR count). The highest BCUT2D eigenvalue weighted by atomic mass is 16.2. The number of carbonyl (C=O) groups is 4. The van der Waals surface area contributed by atoms with Crippen molar-refractivity contribution in [1.29, 1.82) is 0 Å². The maximum absolute atomic E-state index is 13.1. The van der Waals surface area contributed by atoms with E-state index < -0.39 is 11.0 Å². The highest BCUT2D eigenvalue weighted by Crippen LogP contribution is 2.30. The van der Waals surface area contributed by atoms with Crippen LogP contribution in [0.2, 0.25) is 0 Å². The summed E-state index contributed by atoms with van der Waals surface area (Å²) in [5.74, 6) is -0.791. The number of hydrogen-bond acceptors (Lipinski definition) is 4. The van der Waals surface area contributed by atoms with Gasteiger partial charge in [-0.05, 0) is 45.4 Å². The number of hydrogen-bond donors (Lipinski definition) is 0. The lowest BCUT2D eigenvalue weighted by Crippen LogP contribution is -2.45. The van der Waals surface area contributed by atoms with Crippen LogP contribution in [-0.2, 0) is 4.79 Å². The van der Waals surface area contributed by atoms with E-state index in [0.717, 1.165) is 0 Å². The predicted octanol–water partition coefficient (Wildman–Crippen LogP) is 2.80. The first-order chi connectivity index (χ1) is 13.8. The molecular formula is C23H31N3O4. The van der Waals surface area contributed by atoms with E-state index in [9.17, 15) is 19.2 Å². The monoisotopic (exact) mass is 413 g/mol. The molecule has 0 spiro atoms. The second kappa shape index (κ2) is 7.52. The molecule has 4 amide bonds. The van der Waals surface area contributed by atoms with Crippen LogP contribution in [0.5, 0.6) is 0 Å². The summed E-state index contributed by atoms with van der Waals surface area (Å²) in [6.45, 7) is 13.2. The number of amides is 4. The Balaban J connectivity index is 1.78. The van der Waals surface area contributed by atoms with Gasteiger partial charge < -0.3 is 9.80 Å². The molecule has 2 heterocycles. The van der Waals surface area contributed by atoms with E-state index >= 15 is 0 Å². The van der Waals surface area contributed by atoms with Crippen LogP contribution in [0.15, 0.2) is 18.2 Å². The standard InChI is InChI=1S/C23H31N3O4/c1-22(2,3)21(30)25-11-7-10-24(12-13-25)18(27)15-8-9-16-17(14-15)20(29)26(19(16)28)23(4,5)6/h8-9,14H,7,10-13H2,1-6H3. The molecule has 7 heteroatoms. The quantitative estimate of drug-likeness (QED) is 0.664. The first kappa shape index (κ1) is 22.0. The van der Waals surface area contributed by atoms with Gasteiger partial charge in [-0.15, -0.1) is 0 Å². The van der Waals surface area contributed by atoms with Crippen LogP contribution in [-0.4, -0.2) is 70.0 Å². The Morgan fingerprint density at radius 1 is 0.800 bits per heavy atom. The molecule has 2 aliphatic heterocycles. The lowest BCUT2D eigenvalue weighted by atomic mass is 9.94. The number of benzene rings is 1. The Morgan fingerprint density at radius 2 is 1.37 bits per heavy atom. The molecule has 30 heavy (non-hydrogen) atoms. The summed E-state index contributed by atoms with van der Waals surface area (Å²) in [7, 11) is 0. The third-order valence-corrected chi connectivity index (χ3v) is 5.52. The number of carbonyl (C=O) groups excluding carboxylic acids is 4. The molecule has 0 N–H and O–H groups in total. The van der Waals surface area contributed by atoms with Gasteiger partial charge in [0.05, 0.1) is 11.1 Å². The Bertz CT molecular complexity index is 908. The second-order valence-corrected chi connectivity index (χ2v) is 10.1. The van der Waals surface area contributed by atoms with Gasteiger partial charge in [-0.25, -0.2) is 0 Å². The van der Waals surface area contributed by atoms with Crippen LogP contribution in [0.3, 0.4) is 0 Å². The van der Waals surface area contributed by atoms with Gasteiger partial charge in [-0.3, -0.25) is 24.1 Å². The molecule has 1 fully saturated rings. The van der Waals surface area contributed by atoms with Gasteiger partial charge >= 0.3 is 0 Å². The summed E-state index contributed by atoms with van der Waals surface area (Å²) < 4.78 is 0. The Morgan fingerprint density at radius 3 is 1.97 bits per heavy atom. The average molecular weight is 414 g/mol. The number of rotatable bonds is 1. The molecule has 0 aromatic heterocycles. The van der Waals surface area contributed by atoms with Crippen LogP contribution >= 0.6 is 0 Å². The smallest absolute Gasteiger partial charge is 0.262 e. The normalized spacial score (nSPS) is 17.9. The minimum atomic E-state index is -0.634. The maximum Gasteiger partial charge on any atom is 0.262 e. The fourth-order valence-electron chi connectivity index (χ4n) is 3.96. The molecule has 7 nitrogen and oxygen atoms in total. The van der Waals surface area contributed by atoms with E-state index in [-0.39, 0.29) is 29.2 Å². The van der Waals surface area contributed by atoms with Gasteiger partial charge in [-0.1, -0.05) is 20.8 Å². The van der Waals surface area contributed by atoms with Crippen LogP contribution in [0.4, 0.5) is 0 Å². The summed E-state index contributed by atoms with van der Waals surface area (Å²) in [5, 5.41) is 0. The maximum atomic E-state index is 13.1. The van der Waals surface area contributed by atoms with Crippen LogP contribution in [0.25, 0.3) is 0 Å². The topological polar surface area (TPSA) is 78.0 Å². The van der Waals surface area contributed by atoms with Crippen molar-refractivity contribution < 1.29 is 19.2 Å². The van der Waals surface area contributed by atoms with Crippen molar-refractivity contribution >= 4 is 23.6 Å². The van der Waals surface area contributed by atoms with Gasteiger partial charge in [0.25, 0.3) is 17.7 Å². The van der Waals surface area contributed by atoms with Gasteiger partial charge in [0, 0.05) is 42.7 Å². The molecule has 0 radical (unpaired) electrons. The van der Waals surface area contributed by atoms with Crippen LogP contribution in [0.1, 0.15) is 79.0 Å². The Labute approximate surface area is 178 Å². The third kappa shape index (κ3) is 3.98. The number of fused-ring (bicyclic) bond motifs is 1. The fourth-order valence-corrected chi connectivity index (χ4v) is 3.96. The van der Waals surface area contributed by atoms with E-state index in [1.807, 2.05) is 46.4 Å². The second-order valence-electron chi connectivity index (χ2n) is 10.1. The van der Waals surface area contributed by atoms with Gasteiger partial charge in [0.15, 0.2) is 0 Å². The van der Waals surface area contributed by atoms with E-state index in [4.69, 9.17) is 0 Å². The molecular weight excluding hydrogens is 382 g/mol. The van der Waals surface area contributed by atoms with Crippen LogP contribution < -0.4 is 0 Å². The highest BCUT2D eigenvalue weighted by molar-refractivity contribution is 6.22. The van der Waals surface area contributed by atoms with Crippen molar-refractivity contribution in [3.05, 3.63) is 34.9 Å². The van der Waals surface area contributed by atoms with Crippen molar-refractivity contribution in [3.8, 4) is 0 Å². The SMILES string of the molecule is CC(C)(C)C(=O)N1CCCN(C(=O)c2ccc3c(c2)C(=O)N(C(C)(C)C)C3=O)CC1. The largest absolute Gasteiger partial charge is 0.340 e. The first-order valence-electron chi connectivity index (χ1n) is 10.4. The molecule has 1 aromatic rings. The van der Waals surface area contributed by atoms with Crippen molar-refractivity contribution in [3.63, 3.8) is 0 Å². The van der Waals surface area contributed by atoms with Gasteiger partial charge in [-0.2, -0.15) is 0 Å². The van der Waals surface area contributed by atoms with Crippen molar-refractivity contribution in [2.24, 2.45) is 5.41 Å². The predicted molar refractivity (Wildman–Crippen MR) is 113 cm³/mol. The summed E-state index contributed by atoms with van der Waals surface area (Å²) in [6, 6.07) is 4.72. The van der Waals surface area contributed by atoms with E-state index in [1.54, 1.807) is 17.0 Å². The zero-order valence-electron chi connectivity index (χ0n) is 18.7. The van der Waals surface area contributed by atoms with Gasteiger partial charge in [0.1, 0.15) is 0 Å². The summed E-state index contributed by atoms with van der Waals surface area (Å²) >= 11 is 0. The summed E-state index contributed by atoms with van der Waals surface area (Å²) in [4.78, 5) is 55.9. The third-order valence-electron chi connectivity index (χ3n) is 5.52. The van der Waals surface area contributed by atoms with E-state index in [1.165, 1.54) is 11.0 Å². The van der Waals surface area contributed by atoms with E-state index in [0.29, 0.717) is 43.7 Å². The Hall–Kier alpha value is -2.70. The van der Waals surface area contributed by atoms with Gasteiger partial charge in [0.2, 0.25) is 5.91 Å².